The highest BCUT2D eigenvalue weighted by Crippen LogP contribution is 2.02. The van der Waals surface area contributed by atoms with Crippen LogP contribution in [0.5, 0.6) is 0 Å². The summed E-state index contributed by atoms with van der Waals surface area (Å²) in [6, 6.07) is 0. The van der Waals surface area contributed by atoms with Gasteiger partial charge in [0.2, 0.25) is 0 Å². The summed E-state index contributed by atoms with van der Waals surface area (Å²) >= 11 is 0. The number of carbonyl (C=O) groups is 1. The maximum Gasteiger partial charge on any atom is 0.308 e. The van der Waals surface area contributed by atoms with Gasteiger partial charge >= 0.3 is 5.97 Å². The molecule has 0 heterocycles. The minimum absolute atomic E-state index is 0.0893. The van der Waals surface area contributed by atoms with E-state index in [0.29, 0.717) is 6.42 Å². The number of hydrogen-bond donors (Lipinski definition) is 1. The number of nitrogens with zero attached hydrogens (tertiary/aromatic N) is 1. The van der Waals surface area contributed by atoms with Crippen molar-refractivity contribution >= 4 is 5.97 Å². The molecule has 0 aromatic heterocycles. The summed E-state index contributed by atoms with van der Waals surface area (Å²) in [7, 11) is 3.86. The van der Waals surface area contributed by atoms with Gasteiger partial charge in [-0.2, -0.15) is 0 Å². The van der Waals surface area contributed by atoms with Crippen LogP contribution in [0.15, 0.2) is 0 Å². The molecule has 1 N–H and O–H groups in total. The second kappa shape index (κ2) is 6.79. The van der Waals surface area contributed by atoms with Crippen molar-refractivity contribution in [1.29, 1.82) is 0 Å². The third-order valence-corrected chi connectivity index (χ3v) is 1.68. The van der Waals surface area contributed by atoms with Gasteiger partial charge in [-0.15, -0.1) is 0 Å². The Balaban J connectivity index is 3.60. The lowest BCUT2D eigenvalue weighted by Gasteiger charge is -2.14. The standard InChI is InChI=1S/C10H21NO3/c1-8(2)14-10(13)7-9(12)5-6-11(3)4/h8-9,12H,5-7H2,1-4H3/t9-/m0/s1. The van der Waals surface area contributed by atoms with Crippen LogP contribution in [0.2, 0.25) is 0 Å². The van der Waals surface area contributed by atoms with Crippen molar-refractivity contribution in [2.45, 2.75) is 38.9 Å². The molecular formula is C10H21NO3. The average Bonchev–Trinajstić information content (AvgIpc) is 1.98. The third-order valence-electron chi connectivity index (χ3n) is 1.68. The molecule has 0 amide bonds. The number of aliphatic hydroxyl groups excluding tert-OH is 1. The lowest BCUT2D eigenvalue weighted by molar-refractivity contribution is -0.149. The predicted molar refractivity (Wildman–Crippen MR) is 55.0 cm³/mol. The van der Waals surface area contributed by atoms with Gasteiger partial charge in [0.15, 0.2) is 0 Å². The lowest BCUT2D eigenvalue weighted by Crippen LogP contribution is -2.23. The molecule has 0 aliphatic rings. The van der Waals surface area contributed by atoms with Crippen molar-refractivity contribution in [3.8, 4) is 0 Å². The molecule has 0 aromatic rings. The van der Waals surface area contributed by atoms with Gasteiger partial charge in [0.1, 0.15) is 0 Å². The molecule has 0 aliphatic heterocycles. The first-order valence-corrected chi connectivity index (χ1v) is 4.94. The molecule has 0 saturated heterocycles. The van der Waals surface area contributed by atoms with E-state index in [1.165, 1.54) is 0 Å². The summed E-state index contributed by atoms with van der Waals surface area (Å²) in [5.41, 5.74) is 0. The van der Waals surface area contributed by atoms with Crippen molar-refractivity contribution in [3.05, 3.63) is 0 Å². The number of aliphatic hydroxyl groups is 1. The van der Waals surface area contributed by atoms with E-state index in [4.69, 9.17) is 4.74 Å². The number of hydrogen-bond acceptors (Lipinski definition) is 4. The van der Waals surface area contributed by atoms with Crippen molar-refractivity contribution < 1.29 is 14.6 Å². The maximum atomic E-state index is 11.1. The fourth-order valence-electron chi connectivity index (χ4n) is 1.01. The highest BCUT2D eigenvalue weighted by Gasteiger charge is 2.13. The Morgan fingerprint density at radius 1 is 1.43 bits per heavy atom. The highest BCUT2D eigenvalue weighted by molar-refractivity contribution is 5.70. The molecule has 0 radical (unpaired) electrons. The topological polar surface area (TPSA) is 49.8 Å². The first-order chi connectivity index (χ1) is 6.41. The molecule has 84 valence electrons. The molecule has 1 atom stereocenters. The van der Waals surface area contributed by atoms with E-state index in [2.05, 4.69) is 0 Å². The Bertz CT molecular complexity index is 169. The molecule has 0 unspecified atom stereocenters. The van der Waals surface area contributed by atoms with E-state index in [1.54, 1.807) is 13.8 Å². The predicted octanol–water partition coefficient (Wildman–Crippen LogP) is 0.641. The van der Waals surface area contributed by atoms with Crippen LogP contribution < -0.4 is 0 Å². The molecule has 0 aliphatic carbocycles. The van der Waals surface area contributed by atoms with Crippen LogP contribution in [0.3, 0.4) is 0 Å². The third kappa shape index (κ3) is 8.01. The van der Waals surface area contributed by atoms with Gasteiger partial charge in [-0.3, -0.25) is 4.79 Å². The summed E-state index contributed by atoms with van der Waals surface area (Å²) in [6.07, 6.45) is -0.0149. The molecule has 0 bridgehead atoms. The monoisotopic (exact) mass is 203 g/mol. The number of ether oxygens (including phenoxy) is 1. The fourth-order valence-corrected chi connectivity index (χ4v) is 1.01. The quantitative estimate of drug-likeness (QED) is 0.644. The summed E-state index contributed by atoms with van der Waals surface area (Å²) in [6.45, 7) is 4.37. The first kappa shape index (κ1) is 13.4. The molecular weight excluding hydrogens is 182 g/mol. The smallest absolute Gasteiger partial charge is 0.308 e. The Hall–Kier alpha value is -0.610. The number of esters is 1. The number of rotatable bonds is 6. The van der Waals surface area contributed by atoms with Crippen LogP contribution in [0, 0.1) is 0 Å². The molecule has 4 nitrogen and oxygen atoms in total. The minimum atomic E-state index is -0.594. The van der Waals surface area contributed by atoms with E-state index < -0.39 is 6.10 Å². The molecule has 0 spiro atoms. The van der Waals surface area contributed by atoms with Gasteiger partial charge in [-0.25, -0.2) is 0 Å². The highest BCUT2D eigenvalue weighted by atomic mass is 16.5. The summed E-state index contributed by atoms with van der Waals surface area (Å²) < 4.78 is 4.92. The van der Waals surface area contributed by atoms with Gasteiger partial charge in [-0.1, -0.05) is 0 Å². The Kier molecular flexibility index (Phi) is 6.49. The Morgan fingerprint density at radius 3 is 2.43 bits per heavy atom. The van der Waals surface area contributed by atoms with Crippen molar-refractivity contribution in [2.24, 2.45) is 0 Å². The van der Waals surface area contributed by atoms with Crippen LogP contribution in [-0.4, -0.2) is 48.8 Å². The van der Waals surface area contributed by atoms with E-state index >= 15 is 0 Å². The second-order valence-corrected chi connectivity index (χ2v) is 3.99. The van der Waals surface area contributed by atoms with E-state index in [-0.39, 0.29) is 18.5 Å². The van der Waals surface area contributed by atoms with Crippen LogP contribution in [-0.2, 0) is 9.53 Å². The Labute approximate surface area is 85.9 Å². The number of carbonyl (C=O) groups excluding carboxylic acids is 1. The molecule has 0 saturated carbocycles. The van der Waals surface area contributed by atoms with Crippen LogP contribution in [0.25, 0.3) is 0 Å². The Morgan fingerprint density at radius 2 is 2.00 bits per heavy atom. The molecule has 0 fully saturated rings. The van der Waals surface area contributed by atoms with Crippen molar-refractivity contribution in [2.75, 3.05) is 20.6 Å². The SMILES string of the molecule is CC(C)OC(=O)C[C@@H](O)CCN(C)C. The van der Waals surface area contributed by atoms with Crippen LogP contribution in [0.4, 0.5) is 0 Å². The maximum absolute atomic E-state index is 11.1. The van der Waals surface area contributed by atoms with Crippen LogP contribution in [0.1, 0.15) is 26.7 Å². The molecule has 14 heavy (non-hydrogen) atoms. The van der Waals surface area contributed by atoms with Gasteiger partial charge in [-0.05, 0) is 40.9 Å². The molecule has 0 rings (SSSR count). The van der Waals surface area contributed by atoms with E-state index in [1.807, 2.05) is 19.0 Å². The second-order valence-electron chi connectivity index (χ2n) is 3.99. The zero-order chi connectivity index (χ0) is 11.1. The van der Waals surface area contributed by atoms with Crippen LogP contribution >= 0.6 is 0 Å². The normalized spacial score (nSPS) is 13.4. The zero-order valence-corrected chi connectivity index (χ0v) is 9.49. The average molecular weight is 203 g/mol. The van der Waals surface area contributed by atoms with Gasteiger partial charge in [0.05, 0.1) is 18.6 Å². The molecule has 0 aromatic carbocycles. The zero-order valence-electron chi connectivity index (χ0n) is 9.49. The fraction of sp³-hybridized carbons (Fsp3) is 0.900. The first-order valence-electron chi connectivity index (χ1n) is 4.94. The van der Waals surface area contributed by atoms with Crippen molar-refractivity contribution in [1.82, 2.24) is 4.90 Å². The van der Waals surface area contributed by atoms with Gasteiger partial charge in [0, 0.05) is 0 Å². The minimum Gasteiger partial charge on any atom is -0.463 e. The summed E-state index contributed by atoms with van der Waals surface area (Å²) in [5, 5.41) is 9.45. The summed E-state index contributed by atoms with van der Waals surface area (Å²) in [4.78, 5) is 13.1. The van der Waals surface area contributed by atoms with Gasteiger partial charge < -0.3 is 14.7 Å². The van der Waals surface area contributed by atoms with Crippen molar-refractivity contribution in [3.63, 3.8) is 0 Å². The van der Waals surface area contributed by atoms with E-state index in [9.17, 15) is 9.90 Å². The largest absolute Gasteiger partial charge is 0.463 e. The van der Waals surface area contributed by atoms with Gasteiger partial charge in [0.25, 0.3) is 0 Å². The molecule has 4 heteroatoms. The lowest BCUT2D eigenvalue weighted by atomic mass is 10.2. The summed E-state index contributed by atoms with van der Waals surface area (Å²) in [5.74, 6) is -0.328. The van der Waals surface area contributed by atoms with E-state index in [0.717, 1.165) is 6.54 Å².